The summed E-state index contributed by atoms with van der Waals surface area (Å²) in [5, 5.41) is 2.63. The Kier molecular flexibility index (Phi) is 6.24. The Hall–Kier alpha value is -1.82. The number of carbonyl (C=O) groups excluding carboxylic acids is 1. The third kappa shape index (κ3) is 6.38. The van der Waals surface area contributed by atoms with E-state index in [0.717, 1.165) is 5.56 Å². The molecule has 0 aliphatic rings. The van der Waals surface area contributed by atoms with E-state index in [1.165, 1.54) is 12.3 Å². The van der Waals surface area contributed by atoms with Gasteiger partial charge in [-0.2, -0.15) is 0 Å². The summed E-state index contributed by atoms with van der Waals surface area (Å²) in [5.74, 6) is 0.502. The Morgan fingerprint density at radius 3 is 2.70 bits per heavy atom. The minimum Gasteiger partial charge on any atom is -0.496 e. The maximum absolute atomic E-state index is 11.6. The van der Waals surface area contributed by atoms with Crippen LogP contribution in [0.25, 0.3) is 6.08 Å². The van der Waals surface area contributed by atoms with Crippen LogP contribution in [0.4, 0.5) is 0 Å². The molecule has 5 nitrogen and oxygen atoms in total. The zero-order valence-electron chi connectivity index (χ0n) is 11.6. The number of hydrogen-bond acceptors (Lipinski definition) is 4. The maximum atomic E-state index is 11.6. The Morgan fingerprint density at radius 2 is 2.05 bits per heavy atom. The van der Waals surface area contributed by atoms with Gasteiger partial charge in [-0.05, 0) is 18.6 Å². The highest BCUT2D eigenvalue weighted by atomic mass is 32.2. The number of amides is 1. The fourth-order valence-electron chi connectivity index (χ4n) is 1.57. The summed E-state index contributed by atoms with van der Waals surface area (Å²) >= 11 is 0. The lowest BCUT2D eigenvalue weighted by Gasteiger charge is -2.04. The SMILES string of the molecule is COc1ccccc1/C=C/C(=O)NCCCS(C)(=O)=O. The van der Waals surface area contributed by atoms with Gasteiger partial charge in [0.05, 0.1) is 12.9 Å². The number of rotatable bonds is 7. The number of nitrogens with one attached hydrogen (secondary N) is 1. The predicted octanol–water partition coefficient (Wildman–Crippen LogP) is 1.26. The van der Waals surface area contributed by atoms with Crippen molar-refractivity contribution in [2.75, 3.05) is 25.7 Å². The van der Waals surface area contributed by atoms with Crippen molar-refractivity contribution in [3.8, 4) is 5.75 Å². The van der Waals surface area contributed by atoms with Crippen molar-refractivity contribution in [2.45, 2.75) is 6.42 Å². The highest BCUT2D eigenvalue weighted by Crippen LogP contribution is 2.18. The molecule has 0 atom stereocenters. The molecule has 1 N–H and O–H groups in total. The molecule has 1 aromatic carbocycles. The van der Waals surface area contributed by atoms with E-state index in [1.807, 2.05) is 24.3 Å². The van der Waals surface area contributed by atoms with Crippen LogP contribution in [0.2, 0.25) is 0 Å². The first-order valence-electron chi connectivity index (χ1n) is 6.19. The van der Waals surface area contributed by atoms with Gasteiger partial charge in [0, 0.05) is 24.4 Å². The van der Waals surface area contributed by atoms with Crippen LogP contribution in [0.1, 0.15) is 12.0 Å². The highest BCUT2D eigenvalue weighted by molar-refractivity contribution is 7.90. The Labute approximate surface area is 119 Å². The minimum atomic E-state index is -2.97. The zero-order valence-corrected chi connectivity index (χ0v) is 12.4. The molecule has 0 aliphatic carbocycles. The molecule has 0 aliphatic heterocycles. The molecule has 0 bridgehead atoms. The normalized spacial score (nSPS) is 11.5. The second-order valence-corrected chi connectivity index (χ2v) is 6.61. The van der Waals surface area contributed by atoms with Crippen LogP contribution in [0.5, 0.6) is 5.75 Å². The fraction of sp³-hybridized carbons (Fsp3) is 0.357. The fourth-order valence-corrected chi connectivity index (χ4v) is 2.24. The largest absolute Gasteiger partial charge is 0.496 e. The van der Waals surface area contributed by atoms with E-state index < -0.39 is 9.84 Å². The smallest absolute Gasteiger partial charge is 0.244 e. The lowest BCUT2D eigenvalue weighted by atomic mass is 10.2. The predicted molar refractivity (Wildman–Crippen MR) is 79.4 cm³/mol. The van der Waals surface area contributed by atoms with Crippen molar-refractivity contribution in [2.24, 2.45) is 0 Å². The van der Waals surface area contributed by atoms with Crippen molar-refractivity contribution in [3.63, 3.8) is 0 Å². The average Bonchev–Trinajstić information content (AvgIpc) is 2.40. The van der Waals surface area contributed by atoms with Crippen LogP contribution in [-0.4, -0.2) is 40.0 Å². The highest BCUT2D eigenvalue weighted by Gasteiger charge is 2.02. The molecule has 6 heteroatoms. The standard InChI is InChI=1S/C14H19NO4S/c1-19-13-7-4-3-6-12(13)8-9-14(16)15-10-5-11-20(2,17)18/h3-4,6-9H,5,10-11H2,1-2H3,(H,15,16)/b9-8+. The first-order chi connectivity index (χ1) is 9.42. The molecule has 0 fully saturated rings. The number of ether oxygens (including phenoxy) is 1. The molecule has 0 saturated heterocycles. The molecule has 110 valence electrons. The molecule has 0 aromatic heterocycles. The second kappa shape index (κ2) is 7.69. The molecule has 0 saturated carbocycles. The third-order valence-corrected chi connectivity index (χ3v) is 3.57. The zero-order chi connectivity index (χ0) is 15.0. The summed E-state index contributed by atoms with van der Waals surface area (Å²) in [6.07, 6.45) is 4.65. The summed E-state index contributed by atoms with van der Waals surface area (Å²) in [6, 6.07) is 7.35. The van der Waals surface area contributed by atoms with Crippen molar-refractivity contribution < 1.29 is 17.9 Å². The summed E-state index contributed by atoms with van der Waals surface area (Å²) in [6.45, 7) is 0.335. The molecule has 0 spiro atoms. The van der Waals surface area contributed by atoms with Crippen LogP contribution < -0.4 is 10.1 Å². The Morgan fingerprint density at radius 1 is 1.35 bits per heavy atom. The summed E-state index contributed by atoms with van der Waals surface area (Å²) in [4.78, 5) is 11.6. The van der Waals surface area contributed by atoms with Gasteiger partial charge in [0.15, 0.2) is 0 Å². The van der Waals surface area contributed by atoms with E-state index in [4.69, 9.17) is 4.74 Å². The topological polar surface area (TPSA) is 72.5 Å². The van der Waals surface area contributed by atoms with Crippen LogP contribution >= 0.6 is 0 Å². The van der Waals surface area contributed by atoms with E-state index >= 15 is 0 Å². The van der Waals surface area contributed by atoms with Crippen LogP contribution in [0, 0.1) is 0 Å². The summed E-state index contributed by atoms with van der Waals surface area (Å²) in [5.41, 5.74) is 0.807. The number of carbonyl (C=O) groups is 1. The van der Waals surface area contributed by atoms with Gasteiger partial charge < -0.3 is 10.1 Å². The number of sulfone groups is 1. The van der Waals surface area contributed by atoms with Gasteiger partial charge >= 0.3 is 0 Å². The van der Waals surface area contributed by atoms with Gasteiger partial charge in [-0.1, -0.05) is 18.2 Å². The van der Waals surface area contributed by atoms with Gasteiger partial charge in [-0.15, -0.1) is 0 Å². The van der Waals surface area contributed by atoms with E-state index in [0.29, 0.717) is 18.7 Å². The Balaban J connectivity index is 2.44. The lowest BCUT2D eigenvalue weighted by molar-refractivity contribution is -0.116. The van der Waals surface area contributed by atoms with Gasteiger partial charge in [0.1, 0.15) is 15.6 Å². The molecule has 1 amide bonds. The average molecular weight is 297 g/mol. The summed E-state index contributed by atoms with van der Waals surface area (Å²) in [7, 11) is -1.40. The van der Waals surface area contributed by atoms with Crippen molar-refractivity contribution in [1.82, 2.24) is 5.32 Å². The van der Waals surface area contributed by atoms with Gasteiger partial charge in [0.25, 0.3) is 0 Å². The van der Waals surface area contributed by atoms with E-state index in [9.17, 15) is 13.2 Å². The molecule has 1 rings (SSSR count). The second-order valence-electron chi connectivity index (χ2n) is 4.35. The molecular formula is C14H19NO4S. The number of methoxy groups -OCH3 is 1. The third-order valence-electron chi connectivity index (χ3n) is 2.54. The molecule has 0 heterocycles. The summed E-state index contributed by atoms with van der Waals surface area (Å²) < 4.78 is 27.0. The molecule has 1 aromatic rings. The van der Waals surface area contributed by atoms with Crippen molar-refractivity contribution >= 4 is 21.8 Å². The molecular weight excluding hydrogens is 278 g/mol. The molecule has 0 unspecified atom stereocenters. The van der Waals surface area contributed by atoms with Gasteiger partial charge in [-0.3, -0.25) is 4.79 Å². The minimum absolute atomic E-state index is 0.0729. The first kappa shape index (κ1) is 16.2. The Bertz CT molecular complexity index is 579. The maximum Gasteiger partial charge on any atom is 0.244 e. The van der Waals surface area contributed by atoms with Gasteiger partial charge in [0.2, 0.25) is 5.91 Å². The van der Waals surface area contributed by atoms with Crippen LogP contribution in [-0.2, 0) is 14.6 Å². The molecule has 0 radical (unpaired) electrons. The van der Waals surface area contributed by atoms with Crippen LogP contribution in [0.3, 0.4) is 0 Å². The number of benzene rings is 1. The monoisotopic (exact) mass is 297 g/mol. The van der Waals surface area contributed by atoms with Crippen LogP contribution in [0.15, 0.2) is 30.3 Å². The molecule has 20 heavy (non-hydrogen) atoms. The van der Waals surface area contributed by atoms with Crippen molar-refractivity contribution in [3.05, 3.63) is 35.9 Å². The van der Waals surface area contributed by atoms with E-state index in [1.54, 1.807) is 13.2 Å². The first-order valence-corrected chi connectivity index (χ1v) is 8.25. The van der Waals surface area contributed by atoms with Crippen molar-refractivity contribution in [1.29, 1.82) is 0 Å². The number of para-hydroxylation sites is 1. The van der Waals surface area contributed by atoms with E-state index in [-0.39, 0.29) is 11.7 Å². The van der Waals surface area contributed by atoms with E-state index in [2.05, 4.69) is 5.32 Å². The quantitative estimate of drug-likeness (QED) is 0.607. The lowest BCUT2D eigenvalue weighted by Crippen LogP contribution is -2.23. The van der Waals surface area contributed by atoms with Gasteiger partial charge in [-0.25, -0.2) is 8.42 Å². The number of hydrogen-bond donors (Lipinski definition) is 1.